The maximum absolute atomic E-state index is 4.53. The summed E-state index contributed by atoms with van der Waals surface area (Å²) in [4.78, 5) is 11.1. The molecule has 1 aromatic heterocycles. The summed E-state index contributed by atoms with van der Waals surface area (Å²) >= 11 is 2.10. The fraction of sp³-hybridized carbons (Fsp3) is 0.600. The van der Waals surface area contributed by atoms with Gasteiger partial charge in [-0.1, -0.05) is 0 Å². The minimum atomic E-state index is 0.709. The fourth-order valence-electron chi connectivity index (χ4n) is 2.27. The maximum Gasteiger partial charge on any atom is 0.147 e. The van der Waals surface area contributed by atoms with Crippen LogP contribution in [-0.2, 0) is 0 Å². The van der Waals surface area contributed by atoms with Gasteiger partial charge in [-0.3, -0.25) is 4.98 Å². The van der Waals surface area contributed by atoms with Gasteiger partial charge in [0.2, 0.25) is 0 Å². The van der Waals surface area contributed by atoms with Gasteiger partial charge in [0.15, 0.2) is 0 Å². The largest absolute Gasteiger partial charge is 0.350 e. The van der Waals surface area contributed by atoms with Gasteiger partial charge in [-0.05, 0) is 13.3 Å². The highest BCUT2D eigenvalue weighted by Crippen LogP contribution is 2.39. The van der Waals surface area contributed by atoms with E-state index >= 15 is 0 Å². The van der Waals surface area contributed by atoms with Crippen molar-refractivity contribution in [2.75, 3.05) is 17.2 Å². The molecule has 2 aliphatic rings. The Morgan fingerprint density at radius 3 is 3.07 bits per heavy atom. The smallest absolute Gasteiger partial charge is 0.147 e. The van der Waals surface area contributed by atoms with Gasteiger partial charge in [0.1, 0.15) is 5.82 Å². The molecule has 3 heterocycles. The third-order valence-electron chi connectivity index (χ3n) is 2.94. The van der Waals surface area contributed by atoms with E-state index in [9.17, 15) is 0 Å². The Hall–Kier alpha value is -0.770. The average molecular weight is 207 g/mol. The molecule has 2 fully saturated rings. The van der Waals surface area contributed by atoms with Crippen LogP contribution in [0.2, 0.25) is 0 Å². The van der Waals surface area contributed by atoms with Crippen LogP contribution in [-0.4, -0.2) is 33.6 Å². The molecule has 0 spiro atoms. The molecular weight excluding hydrogens is 194 g/mol. The molecule has 3 rings (SSSR count). The molecule has 0 radical (unpaired) electrons. The second-order valence-corrected chi connectivity index (χ2v) is 5.35. The summed E-state index contributed by atoms with van der Waals surface area (Å²) in [6.07, 6.45) is 5.03. The first-order chi connectivity index (χ1) is 6.83. The normalized spacial score (nSPS) is 29.9. The number of thioether (sulfide) groups is 1. The Balaban J connectivity index is 1.89. The van der Waals surface area contributed by atoms with E-state index in [4.69, 9.17) is 0 Å². The first-order valence-electron chi connectivity index (χ1n) is 5.00. The number of hydrogen-bond donors (Lipinski definition) is 0. The molecule has 74 valence electrons. The van der Waals surface area contributed by atoms with Crippen LogP contribution >= 0.6 is 11.8 Å². The second kappa shape index (κ2) is 3.12. The highest BCUT2D eigenvalue weighted by molar-refractivity contribution is 8.00. The summed E-state index contributed by atoms with van der Waals surface area (Å²) in [6, 6.07) is 0.709. The van der Waals surface area contributed by atoms with Crippen LogP contribution in [0, 0.1) is 6.92 Å². The Labute approximate surface area is 87.9 Å². The molecular formula is C10H13N3S. The molecule has 2 bridgehead atoms. The van der Waals surface area contributed by atoms with Crippen molar-refractivity contribution in [1.29, 1.82) is 0 Å². The SMILES string of the molecule is Cc1cncc(N2C[C@H]3C[C@H]2CS3)n1. The summed E-state index contributed by atoms with van der Waals surface area (Å²) in [5.41, 5.74) is 1.01. The molecule has 14 heavy (non-hydrogen) atoms. The van der Waals surface area contributed by atoms with Crippen molar-refractivity contribution in [3.63, 3.8) is 0 Å². The molecule has 0 unspecified atom stereocenters. The molecule has 1 aromatic rings. The van der Waals surface area contributed by atoms with Gasteiger partial charge >= 0.3 is 0 Å². The molecule has 2 saturated heterocycles. The van der Waals surface area contributed by atoms with Gasteiger partial charge in [-0.25, -0.2) is 4.98 Å². The number of aryl methyl sites for hydroxylation is 1. The van der Waals surface area contributed by atoms with E-state index in [-0.39, 0.29) is 0 Å². The molecule has 0 saturated carbocycles. The summed E-state index contributed by atoms with van der Waals surface area (Å²) in [6.45, 7) is 3.16. The predicted molar refractivity (Wildman–Crippen MR) is 58.8 cm³/mol. The van der Waals surface area contributed by atoms with Crippen LogP contribution in [0.15, 0.2) is 12.4 Å². The highest BCUT2D eigenvalue weighted by atomic mass is 32.2. The molecule has 0 aromatic carbocycles. The Morgan fingerprint density at radius 2 is 2.43 bits per heavy atom. The minimum absolute atomic E-state index is 0.709. The zero-order valence-electron chi connectivity index (χ0n) is 8.18. The monoisotopic (exact) mass is 207 g/mol. The maximum atomic E-state index is 4.53. The first kappa shape index (κ1) is 8.53. The third kappa shape index (κ3) is 1.29. The number of anilines is 1. The lowest BCUT2D eigenvalue weighted by Crippen LogP contribution is -2.34. The number of rotatable bonds is 1. The molecule has 0 aliphatic carbocycles. The van der Waals surface area contributed by atoms with Crippen LogP contribution in [0.3, 0.4) is 0 Å². The van der Waals surface area contributed by atoms with Crippen molar-refractivity contribution >= 4 is 17.6 Å². The van der Waals surface area contributed by atoms with Crippen LogP contribution in [0.5, 0.6) is 0 Å². The topological polar surface area (TPSA) is 29.0 Å². The second-order valence-electron chi connectivity index (χ2n) is 4.02. The van der Waals surface area contributed by atoms with Gasteiger partial charge in [-0.2, -0.15) is 11.8 Å². The number of nitrogens with zero attached hydrogens (tertiary/aromatic N) is 3. The Kier molecular flexibility index (Phi) is 1.90. The summed E-state index contributed by atoms with van der Waals surface area (Å²) < 4.78 is 0. The Morgan fingerprint density at radius 1 is 1.50 bits per heavy atom. The number of fused-ring (bicyclic) bond motifs is 2. The predicted octanol–water partition coefficient (Wildman–Crippen LogP) is 1.48. The van der Waals surface area contributed by atoms with Gasteiger partial charge in [-0.15, -0.1) is 0 Å². The fourth-order valence-corrected chi connectivity index (χ4v) is 3.70. The summed E-state index contributed by atoms with van der Waals surface area (Å²) in [5, 5.41) is 0.835. The number of hydrogen-bond acceptors (Lipinski definition) is 4. The van der Waals surface area contributed by atoms with Crippen LogP contribution in [0.25, 0.3) is 0 Å². The van der Waals surface area contributed by atoms with Crippen LogP contribution in [0.1, 0.15) is 12.1 Å². The van der Waals surface area contributed by atoms with Crippen molar-refractivity contribution in [2.24, 2.45) is 0 Å². The lowest BCUT2D eigenvalue weighted by Gasteiger charge is -2.27. The zero-order valence-corrected chi connectivity index (χ0v) is 9.00. The van der Waals surface area contributed by atoms with E-state index in [0.717, 1.165) is 23.3 Å². The van der Waals surface area contributed by atoms with Crippen molar-refractivity contribution in [2.45, 2.75) is 24.6 Å². The molecule has 2 aliphatic heterocycles. The van der Waals surface area contributed by atoms with E-state index in [1.807, 2.05) is 19.3 Å². The standard InChI is InChI=1S/C10H13N3S/c1-7-3-11-4-10(12-7)13-5-9-2-8(13)6-14-9/h3-4,8-9H,2,5-6H2,1H3/t8-,9+/m0/s1. The summed E-state index contributed by atoms with van der Waals surface area (Å²) in [5.74, 6) is 2.33. The third-order valence-corrected chi connectivity index (χ3v) is 4.33. The van der Waals surface area contributed by atoms with Crippen molar-refractivity contribution < 1.29 is 0 Å². The van der Waals surface area contributed by atoms with E-state index < -0.39 is 0 Å². The quantitative estimate of drug-likeness (QED) is 0.697. The van der Waals surface area contributed by atoms with Crippen molar-refractivity contribution in [3.8, 4) is 0 Å². The van der Waals surface area contributed by atoms with Crippen molar-refractivity contribution in [1.82, 2.24) is 9.97 Å². The molecule has 0 N–H and O–H groups in total. The molecule has 3 nitrogen and oxygen atoms in total. The molecule has 4 heteroatoms. The minimum Gasteiger partial charge on any atom is -0.350 e. The summed E-state index contributed by atoms with van der Waals surface area (Å²) in [7, 11) is 0. The van der Waals surface area contributed by atoms with E-state index in [1.165, 1.54) is 12.2 Å². The number of aromatic nitrogens is 2. The molecule has 2 atom stereocenters. The zero-order chi connectivity index (χ0) is 9.54. The van der Waals surface area contributed by atoms with Crippen LogP contribution in [0.4, 0.5) is 5.82 Å². The Bertz CT molecular complexity index is 355. The lowest BCUT2D eigenvalue weighted by atomic mass is 10.2. The van der Waals surface area contributed by atoms with Gasteiger partial charge in [0.25, 0.3) is 0 Å². The van der Waals surface area contributed by atoms with E-state index in [2.05, 4.69) is 26.6 Å². The lowest BCUT2D eigenvalue weighted by molar-refractivity contribution is 0.747. The average Bonchev–Trinajstić information content (AvgIpc) is 2.78. The van der Waals surface area contributed by atoms with E-state index in [1.54, 1.807) is 0 Å². The van der Waals surface area contributed by atoms with Gasteiger partial charge in [0, 0.05) is 29.8 Å². The van der Waals surface area contributed by atoms with Crippen molar-refractivity contribution in [3.05, 3.63) is 18.1 Å². The van der Waals surface area contributed by atoms with Crippen LogP contribution < -0.4 is 4.90 Å². The van der Waals surface area contributed by atoms with Gasteiger partial charge in [0.05, 0.1) is 11.9 Å². The first-order valence-corrected chi connectivity index (χ1v) is 6.05. The molecule has 0 amide bonds. The van der Waals surface area contributed by atoms with Gasteiger partial charge < -0.3 is 4.90 Å². The van der Waals surface area contributed by atoms with E-state index in [0.29, 0.717) is 6.04 Å². The highest BCUT2D eigenvalue weighted by Gasteiger charge is 2.39.